The quantitative estimate of drug-likeness (QED) is 0.791. The average Bonchev–Trinajstić information content (AvgIpc) is 2.80. The van der Waals surface area contributed by atoms with E-state index in [-0.39, 0.29) is 23.9 Å². The van der Waals surface area contributed by atoms with Gasteiger partial charge in [-0.1, -0.05) is 0 Å². The summed E-state index contributed by atoms with van der Waals surface area (Å²) in [5, 5.41) is 0. The Morgan fingerprint density at radius 1 is 1.27 bits per heavy atom. The predicted molar refractivity (Wildman–Crippen MR) is 83.0 cm³/mol. The second kappa shape index (κ2) is 6.48. The monoisotopic (exact) mass is 325 g/mol. The van der Waals surface area contributed by atoms with Crippen molar-refractivity contribution in [1.29, 1.82) is 0 Å². The van der Waals surface area contributed by atoms with Crippen LogP contribution in [-0.2, 0) is 14.6 Å². The fourth-order valence-electron chi connectivity index (χ4n) is 2.49. The molecule has 1 aliphatic rings. The van der Waals surface area contributed by atoms with E-state index in [2.05, 4.69) is 0 Å². The van der Waals surface area contributed by atoms with Crippen LogP contribution in [-0.4, -0.2) is 44.4 Å². The Morgan fingerprint density at radius 2 is 1.91 bits per heavy atom. The molecule has 0 N–H and O–H groups in total. The topological polar surface area (TPSA) is 80.8 Å². The lowest BCUT2D eigenvalue weighted by atomic mass is 10.1. The minimum Gasteiger partial charge on any atom is -0.449 e. The summed E-state index contributed by atoms with van der Waals surface area (Å²) in [5.41, 5.74) is 1.07. The Morgan fingerprint density at radius 3 is 2.36 bits per heavy atom. The molecule has 1 amide bonds. The lowest BCUT2D eigenvalue weighted by Crippen LogP contribution is -2.41. The van der Waals surface area contributed by atoms with Crippen molar-refractivity contribution >= 4 is 27.4 Å². The lowest BCUT2D eigenvalue weighted by molar-refractivity contribution is 0.101. The zero-order valence-corrected chi connectivity index (χ0v) is 13.4. The molecular formula is C15H19NO5S. The van der Waals surface area contributed by atoms with E-state index in [9.17, 15) is 18.0 Å². The molecule has 1 aromatic carbocycles. The van der Waals surface area contributed by atoms with Crippen LogP contribution < -0.4 is 4.90 Å². The van der Waals surface area contributed by atoms with E-state index in [0.717, 1.165) is 0 Å². The third kappa shape index (κ3) is 3.65. The SMILES string of the molecule is CCOC(=O)N(c1ccc(C(C)=O)cc1)C1CCS(=O)(=O)C1. The highest BCUT2D eigenvalue weighted by molar-refractivity contribution is 7.91. The van der Waals surface area contributed by atoms with Crippen LogP contribution in [0.5, 0.6) is 0 Å². The number of anilines is 1. The summed E-state index contributed by atoms with van der Waals surface area (Å²) in [6.45, 7) is 3.36. The van der Waals surface area contributed by atoms with Crippen LogP contribution >= 0.6 is 0 Å². The molecule has 1 heterocycles. The zero-order valence-electron chi connectivity index (χ0n) is 12.6. The summed E-state index contributed by atoms with van der Waals surface area (Å²) in [7, 11) is -3.12. The number of ether oxygens (including phenoxy) is 1. The molecule has 1 saturated heterocycles. The molecule has 0 spiro atoms. The molecule has 0 aliphatic carbocycles. The molecule has 22 heavy (non-hydrogen) atoms. The molecule has 6 nitrogen and oxygen atoms in total. The summed E-state index contributed by atoms with van der Waals surface area (Å²) in [5.74, 6) is -0.0722. The van der Waals surface area contributed by atoms with E-state index in [1.807, 2.05) is 0 Å². The number of hydrogen-bond acceptors (Lipinski definition) is 5. The van der Waals surface area contributed by atoms with Gasteiger partial charge in [0.1, 0.15) is 0 Å². The minimum absolute atomic E-state index is 0.0686. The molecule has 1 atom stereocenters. The number of sulfone groups is 1. The maximum atomic E-state index is 12.2. The molecule has 0 bridgehead atoms. The van der Waals surface area contributed by atoms with Gasteiger partial charge in [0.15, 0.2) is 15.6 Å². The standard InChI is InChI=1S/C15H19NO5S/c1-3-21-15(18)16(14-8-9-22(19,20)10-14)13-6-4-12(5-7-13)11(2)17/h4-7,14H,3,8-10H2,1-2H3. The lowest BCUT2D eigenvalue weighted by Gasteiger charge is -2.27. The van der Waals surface area contributed by atoms with Crippen molar-refractivity contribution in [3.63, 3.8) is 0 Å². The first-order valence-corrected chi connectivity index (χ1v) is 8.93. The van der Waals surface area contributed by atoms with Gasteiger partial charge in [-0.2, -0.15) is 0 Å². The van der Waals surface area contributed by atoms with Crippen LogP contribution in [0, 0.1) is 0 Å². The van der Waals surface area contributed by atoms with Crippen molar-refractivity contribution in [2.45, 2.75) is 26.3 Å². The van der Waals surface area contributed by atoms with Crippen LogP contribution in [0.15, 0.2) is 24.3 Å². The van der Waals surface area contributed by atoms with Gasteiger partial charge in [-0.05, 0) is 44.5 Å². The minimum atomic E-state index is -3.12. The zero-order chi connectivity index (χ0) is 16.3. The summed E-state index contributed by atoms with van der Waals surface area (Å²) in [6.07, 6.45) is -0.185. The van der Waals surface area contributed by atoms with Gasteiger partial charge in [-0.3, -0.25) is 9.69 Å². The second-order valence-corrected chi connectivity index (χ2v) is 7.46. The van der Waals surface area contributed by atoms with E-state index in [4.69, 9.17) is 4.74 Å². The van der Waals surface area contributed by atoms with E-state index in [1.165, 1.54) is 11.8 Å². The summed E-state index contributed by atoms with van der Waals surface area (Å²) < 4.78 is 28.4. The Bertz CT molecular complexity index is 666. The van der Waals surface area contributed by atoms with Gasteiger partial charge in [0, 0.05) is 11.3 Å². The Hall–Kier alpha value is -1.89. The molecule has 1 fully saturated rings. The molecule has 120 valence electrons. The second-order valence-electron chi connectivity index (χ2n) is 5.23. The first-order valence-electron chi connectivity index (χ1n) is 7.11. The molecular weight excluding hydrogens is 306 g/mol. The van der Waals surface area contributed by atoms with Crippen molar-refractivity contribution in [2.24, 2.45) is 0 Å². The number of carbonyl (C=O) groups excluding carboxylic acids is 2. The van der Waals surface area contributed by atoms with Gasteiger partial charge >= 0.3 is 6.09 Å². The highest BCUT2D eigenvalue weighted by Crippen LogP contribution is 2.26. The average molecular weight is 325 g/mol. The van der Waals surface area contributed by atoms with Gasteiger partial charge in [-0.15, -0.1) is 0 Å². The van der Waals surface area contributed by atoms with Crippen molar-refractivity contribution in [3.8, 4) is 0 Å². The number of ketones is 1. The number of Topliss-reactive ketones (excluding diaryl/α,β-unsaturated/α-hetero) is 1. The van der Waals surface area contributed by atoms with E-state index in [0.29, 0.717) is 17.7 Å². The van der Waals surface area contributed by atoms with Crippen LogP contribution in [0.1, 0.15) is 30.6 Å². The predicted octanol–water partition coefficient (Wildman–Crippen LogP) is 2.04. The van der Waals surface area contributed by atoms with Crippen LogP contribution in [0.4, 0.5) is 10.5 Å². The summed E-state index contributed by atoms with van der Waals surface area (Å²) >= 11 is 0. The number of amides is 1. The number of carbonyl (C=O) groups is 2. The Kier molecular flexibility index (Phi) is 4.85. The maximum Gasteiger partial charge on any atom is 0.414 e. The van der Waals surface area contributed by atoms with Gasteiger partial charge < -0.3 is 4.74 Å². The highest BCUT2D eigenvalue weighted by atomic mass is 32.2. The number of benzene rings is 1. The summed E-state index contributed by atoms with van der Waals surface area (Å²) in [6, 6.07) is 6.07. The third-order valence-electron chi connectivity index (χ3n) is 3.59. The fraction of sp³-hybridized carbons (Fsp3) is 0.467. The fourth-order valence-corrected chi connectivity index (χ4v) is 4.19. The molecule has 1 aromatic rings. The first-order chi connectivity index (χ1) is 10.3. The molecule has 7 heteroatoms. The normalized spacial score (nSPS) is 19.6. The van der Waals surface area contributed by atoms with Crippen molar-refractivity contribution in [3.05, 3.63) is 29.8 Å². The van der Waals surface area contributed by atoms with E-state index in [1.54, 1.807) is 31.2 Å². The first kappa shape index (κ1) is 16.5. The number of hydrogen-bond donors (Lipinski definition) is 0. The highest BCUT2D eigenvalue weighted by Gasteiger charge is 2.36. The molecule has 1 aliphatic heterocycles. The number of rotatable bonds is 4. The van der Waals surface area contributed by atoms with E-state index < -0.39 is 22.0 Å². The largest absolute Gasteiger partial charge is 0.449 e. The van der Waals surface area contributed by atoms with Crippen molar-refractivity contribution < 1.29 is 22.7 Å². The number of nitrogens with zero attached hydrogens (tertiary/aromatic N) is 1. The van der Waals surface area contributed by atoms with E-state index >= 15 is 0 Å². The smallest absolute Gasteiger partial charge is 0.414 e. The molecule has 1 unspecified atom stereocenters. The maximum absolute atomic E-state index is 12.2. The summed E-state index contributed by atoms with van der Waals surface area (Å²) in [4.78, 5) is 24.9. The van der Waals surface area contributed by atoms with Gasteiger partial charge in [-0.25, -0.2) is 13.2 Å². The Balaban J connectivity index is 2.32. The molecule has 0 aromatic heterocycles. The van der Waals surface area contributed by atoms with Gasteiger partial charge in [0.25, 0.3) is 0 Å². The van der Waals surface area contributed by atoms with Crippen molar-refractivity contribution in [1.82, 2.24) is 0 Å². The Labute approximate surface area is 130 Å². The third-order valence-corrected chi connectivity index (χ3v) is 5.34. The van der Waals surface area contributed by atoms with Crippen LogP contribution in [0.2, 0.25) is 0 Å². The molecule has 2 rings (SSSR count). The van der Waals surface area contributed by atoms with Crippen LogP contribution in [0.3, 0.4) is 0 Å². The molecule has 0 radical (unpaired) electrons. The molecule has 0 saturated carbocycles. The van der Waals surface area contributed by atoms with Crippen molar-refractivity contribution in [2.75, 3.05) is 23.0 Å². The van der Waals surface area contributed by atoms with Gasteiger partial charge in [0.2, 0.25) is 0 Å². The van der Waals surface area contributed by atoms with Gasteiger partial charge in [0.05, 0.1) is 24.2 Å². The van der Waals surface area contributed by atoms with Crippen LogP contribution in [0.25, 0.3) is 0 Å².